The molecule has 0 aromatic carbocycles. The predicted octanol–water partition coefficient (Wildman–Crippen LogP) is 1.60. The van der Waals surface area contributed by atoms with Gasteiger partial charge in [-0.15, -0.1) is 5.92 Å². The Kier molecular flexibility index (Phi) is 6.87. The summed E-state index contributed by atoms with van der Waals surface area (Å²) in [5, 5.41) is 3.88. The zero-order valence-electron chi connectivity index (χ0n) is 9.79. The van der Waals surface area contributed by atoms with Gasteiger partial charge in [-0.2, -0.15) is 0 Å². The molecule has 0 saturated carbocycles. The molecule has 0 N–H and O–H groups in total. The third kappa shape index (κ3) is 6.50. The first-order valence-electron chi connectivity index (χ1n) is 4.76. The lowest BCUT2D eigenvalue weighted by Gasteiger charge is -2.05. The zero-order valence-corrected chi connectivity index (χ0v) is 9.79. The van der Waals surface area contributed by atoms with Crippen LogP contribution < -0.4 is 0 Å². The number of hydrogen-bond acceptors (Lipinski definition) is 3. The molecule has 0 aromatic heterocycles. The second-order valence-corrected chi connectivity index (χ2v) is 3.61. The lowest BCUT2D eigenvalue weighted by molar-refractivity contribution is 0.211. The van der Waals surface area contributed by atoms with Crippen molar-refractivity contribution in [3.63, 3.8) is 0 Å². The Morgan fingerprint density at radius 2 is 2.07 bits per heavy atom. The van der Waals surface area contributed by atoms with Crippen molar-refractivity contribution in [2.24, 2.45) is 11.1 Å². The largest absolute Gasteiger partial charge is 0.399 e. The molecule has 3 heteroatoms. The Bertz CT molecular complexity index is 235. The summed E-state index contributed by atoms with van der Waals surface area (Å²) in [6.45, 7) is 4.87. The Morgan fingerprint density at radius 3 is 2.57 bits per heavy atom. The normalized spacial score (nSPS) is 13.4. The maximum atomic E-state index is 4.70. The fourth-order valence-corrected chi connectivity index (χ4v) is 0.821. The minimum Gasteiger partial charge on any atom is -0.399 e. The molecule has 0 aromatic rings. The summed E-state index contributed by atoms with van der Waals surface area (Å²) in [6.07, 6.45) is 0.840. The van der Waals surface area contributed by atoms with Crippen LogP contribution in [0, 0.1) is 17.8 Å². The fourth-order valence-electron chi connectivity index (χ4n) is 0.821. The molecule has 0 radical (unpaired) electrons. The van der Waals surface area contributed by atoms with Gasteiger partial charge in [0.1, 0.15) is 7.11 Å². The van der Waals surface area contributed by atoms with Gasteiger partial charge in [0.25, 0.3) is 0 Å². The van der Waals surface area contributed by atoms with Gasteiger partial charge in [0, 0.05) is 12.3 Å². The van der Waals surface area contributed by atoms with Crippen LogP contribution in [-0.4, -0.2) is 38.4 Å². The third-order valence-electron chi connectivity index (χ3n) is 1.88. The van der Waals surface area contributed by atoms with E-state index in [2.05, 4.69) is 23.9 Å². The summed E-state index contributed by atoms with van der Waals surface area (Å²) in [5.41, 5.74) is 0.992. The molecule has 0 bridgehead atoms. The van der Waals surface area contributed by atoms with Gasteiger partial charge in [-0.1, -0.05) is 18.0 Å². The Balaban J connectivity index is 3.87. The summed E-state index contributed by atoms with van der Waals surface area (Å²) in [4.78, 5) is 6.75. The van der Waals surface area contributed by atoms with Gasteiger partial charge >= 0.3 is 0 Å². The maximum absolute atomic E-state index is 4.70. The first kappa shape index (κ1) is 13.0. The van der Waals surface area contributed by atoms with Crippen LogP contribution in [0.15, 0.2) is 5.16 Å². The van der Waals surface area contributed by atoms with Gasteiger partial charge < -0.3 is 4.84 Å². The van der Waals surface area contributed by atoms with E-state index in [1.807, 2.05) is 25.9 Å². The summed E-state index contributed by atoms with van der Waals surface area (Å²) in [6, 6.07) is 0. The highest BCUT2D eigenvalue weighted by molar-refractivity contribution is 5.83. The van der Waals surface area contributed by atoms with Crippen LogP contribution in [0.2, 0.25) is 0 Å². The number of rotatable bonds is 4. The van der Waals surface area contributed by atoms with E-state index in [0.717, 1.165) is 18.7 Å². The van der Waals surface area contributed by atoms with Crippen molar-refractivity contribution in [1.82, 2.24) is 4.90 Å². The quantitative estimate of drug-likeness (QED) is 0.387. The lowest BCUT2D eigenvalue weighted by atomic mass is 10.0. The van der Waals surface area contributed by atoms with Crippen molar-refractivity contribution < 1.29 is 4.84 Å². The highest BCUT2D eigenvalue weighted by Gasteiger charge is 2.03. The molecule has 14 heavy (non-hydrogen) atoms. The van der Waals surface area contributed by atoms with Gasteiger partial charge in [-0.25, -0.2) is 0 Å². The summed E-state index contributed by atoms with van der Waals surface area (Å²) < 4.78 is 0. The van der Waals surface area contributed by atoms with Gasteiger partial charge in [0.15, 0.2) is 0 Å². The van der Waals surface area contributed by atoms with Crippen molar-refractivity contribution in [3.05, 3.63) is 0 Å². The monoisotopic (exact) mass is 196 g/mol. The van der Waals surface area contributed by atoms with Crippen LogP contribution in [0.1, 0.15) is 20.3 Å². The first-order valence-corrected chi connectivity index (χ1v) is 4.76. The van der Waals surface area contributed by atoms with Crippen molar-refractivity contribution in [1.29, 1.82) is 0 Å². The molecule has 0 aliphatic heterocycles. The molecule has 0 amide bonds. The van der Waals surface area contributed by atoms with Crippen LogP contribution >= 0.6 is 0 Å². The van der Waals surface area contributed by atoms with Crippen LogP contribution in [0.4, 0.5) is 0 Å². The van der Waals surface area contributed by atoms with Crippen LogP contribution in [-0.2, 0) is 4.84 Å². The van der Waals surface area contributed by atoms with E-state index >= 15 is 0 Å². The van der Waals surface area contributed by atoms with E-state index in [1.165, 1.54) is 0 Å². The van der Waals surface area contributed by atoms with Gasteiger partial charge in [0.05, 0.1) is 12.3 Å². The predicted molar refractivity (Wildman–Crippen MR) is 60.2 cm³/mol. The Hall–Kier alpha value is -1.01. The summed E-state index contributed by atoms with van der Waals surface area (Å²) in [7, 11) is 5.58. The summed E-state index contributed by atoms with van der Waals surface area (Å²) in [5.74, 6) is 6.59. The van der Waals surface area contributed by atoms with E-state index in [0.29, 0.717) is 5.92 Å². The van der Waals surface area contributed by atoms with E-state index in [-0.39, 0.29) is 0 Å². The van der Waals surface area contributed by atoms with Gasteiger partial charge in [-0.05, 0) is 21.0 Å². The fraction of sp³-hybridized carbons (Fsp3) is 0.727. The number of nitrogens with zero attached hydrogens (tertiary/aromatic N) is 2. The minimum absolute atomic E-state index is 0.365. The minimum atomic E-state index is 0.365. The first-order chi connectivity index (χ1) is 6.57. The molecule has 80 valence electrons. The van der Waals surface area contributed by atoms with Gasteiger partial charge in [-0.3, -0.25) is 4.90 Å². The molecular formula is C11H20N2O. The van der Waals surface area contributed by atoms with E-state index < -0.39 is 0 Å². The van der Waals surface area contributed by atoms with Crippen LogP contribution in [0.25, 0.3) is 0 Å². The SMILES string of the molecule is CO/N=C(\C)C(C)CC#CCN(C)C. The highest BCUT2D eigenvalue weighted by Crippen LogP contribution is 2.03. The molecule has 1 unspecified atom stereocenters. The van der Waals surface area contributed by atoms with Crippen molar-refractivity contribution in [2.75, 3.05) is 27.7 Å². The Morgan fingerprint density at radius 1 is 1.43 bits per heavy atom. The molecule has 0 aliphatic rings. The molecule has 0 rings (SSSR count). The van der Waals surface area contributed by atoms with Crippen molar-refractivity contribution >= 4 is 5.71 Å². The van der Waals surface area contributed by atoms with Crippen LogP contribution in [0.3, 0.4) is 0 Å². The molecule has 0 fully saturated rings. The average Bonchev–Trinajstić information content (AvgIpc) is 2.12. The number of hydrogen-bond donors (Lipinski definition) is 0. The molecule has 0 heterocycles. The van der Waals surface area contributed by atoms with Crippen LogP contribution in [0.5, 0.6) is 0 Å². The molecule has 0 saturated heterocycles. The lowest BCUT2D eigenvalue weighted by Crippen LogP contribution is -2.11. The van der Waals surface area contributed by atoms with E-state index in [1.54, 1.807) is 7.11 Å². The third-order valence-corrected chi connectivity index (χ3v) is 1.88. The molecule has 3 nitrogen and oxygen atoms in total. The molecular weight excluding hydrogens is 176 g/mol. The van der Waals surface area contributed by atoms with E-state index in [9.17, 15) is 0 Å². The standard InChI is InChI=1S/C11H20N2O/c1-10(11(2)12-14-5)8-6-7-9-13(3)4/h10H,8-9H2,1-5H3/b12-11+. The Labute approximate surface area is 87.1 Å². The molecule has 0 spiro atoms. The van der Waals surface area contributed by atoms with Crippen molar-refractivity contribution in [2.45, 2.75) is 20.3 Å². The summed E-state index contributed by atoms with van der Waals surface area (Å²) >= 11 is 0. The molecule has 1 atom stereocenters. The average molecular weight is 196 g/mol. The van der Waals surface area contributed by atoms with E-state index in [4.69, 9.17) is 4.84 Å². The maximum Gasteiger partial charge on any atom is 0.106 e. The van der Waals surface area contributed by atoms with Gasteiger partial charge in [0.2, 0.25) is 0 Å². The smallest absolute Gasteiger partial charge is 0.106 e. The number of oxime groups is 1. The highest BCUT2D eigenvalue weighted by atomic mass is 16.6. The second kappa shape index (κ2) is 7.40. The second-order valence-electron chi connectivity index (χ2n) is 3.61. The molecule has 0 aliphatic carbocycles. The van der Waals surface area contributed by atoms with Crippen molar-refractivity contribution in [3.8, 4) is 11.8 Å². The topological polar surface area (TPSA) is 24.8 Å². The zero-order chi connectivity index (χ0) is 11.0.